The van der Waals surface area contributed by atoms with Gasteiger partial charge in [-0.25, -0.2) is 13.8 Å². The lowest BCUT2D eigenvalue weighted by Crippen LogP contribution is -2.52. The number of hydrogen-bond donors (Lipinski definition) is 2. The van der Waals surface area contributed by atoms with Crippen LogP contribution in [0.4, 0.5) is 14.6 Å². The van der Waals surface area contributed by atoms with E-state index < -0.39 is 17.4 Å². The molecule has 0 radical (unpaired) electrons. The van der Waals surface area contributed by atoms with E-state index in [0.29, 0.717) is 42.4 Å². The number of benzene rings is 3. The van der Waals surface area contributed by atoms with Crippen LogP contribution in [0.5, 0.6) is 0 Å². The fourth-order valence-electron chi connectivity index (χ4n) is 5.64. The molecule has 196 valence electrons. The topological polar surface area (TPSA) is 106 Å². The lowest BCUT2D eigenvalue weighted by atomic mass is 9.72. The number of nitriles is 2. The van der Waals surface area contributed by atoms with Crippen molar-refractivity contribution in [3.05, 3.63) is 94.9 Å². The molecule has 0 bridgehead atoms. The summed E-state index contributed by atoms with van der Waals surface area (Å²) in [5, 5.41) is 18.8. The molecule has 3 N–H and O–H groups in total. The normalized spacial score (nSPS) is 14.8. The number of nitrogens with zero attached hydrogens (tertiary/aromatic N) is 4. The summed E-state index contributed by atoms with van der Waals surface area (Å²) < 4.78 is 29.6. The Kier molecular flexibility index (Phi) is 6.91. The van der Waals surface area contributed by atoms with Gasteiger partial charge < -0.3 is 10.7 Å². The highest BCUT2D eigenvalue weighted by molar-refractivity contribution is 5.74. The molecule has 0 saturated carbocycles. The SMILES string of the molecule is CC(C)(F)[C@H](c1cc(F)cc(C#N)c1)C1CN(Cc2ccc(C#N)cc2-c2cccc(-c3ncc(N)[nH]3)c2)C1. The standard InChI is InChI=1S/C31H28F2N6/c1-31(2,33)29(24-8-20(14-35)9-26(32)12-24)25-17-39(18-25)16-23-7-6-19(13-34)10-27(23)21-4-3-5-22(11-21)30-37-15-28(36)38-30/h3-12,15,25,29H,16-18,36H2,1-2H3,(H,37,38)/t29-/m1/s1. The molecular weight excluding hydrogens is 494 g/mol. The Labute approximate surface area is 226 Å². The van der Waals surface area contributed by atoms with Crippen molar-refractivity contribution in [2.45, 2.75) is 32.0 Å². The zero-order valence-corrected chi connectivity index (χ0v) is 21.7. The lowest BCUT2D eigenvalue weighted by molar-refractivity contribution is 0.0213. The van der Waals surface area contributed by atoms with Gasteiger partial charge in [0.05, 0.1) is 29.5 Å². The number of halogens is 2. The fraction of sp³-hybridized carbons (Fsp3) is 0.258. The summed E-state index contributed by atoms with van der Waals surface area (Å²) in [4.78, 5) is 9.58. The van der Waals surface area contributed by atoms with E-state index in [9.17, 15) is 14.9 Å². The van der Waals surface area contributed by atoms with E-state index in [4.69, 9.17) is 5.73 Å². The smallest absolute Gasteiger partial charge is 0.138 e. The van der Waals surface area contributed by atoms with E-state index >= 15 is 4.39 Å². The Morgan fingerprint density at radius 1 is 1.05 bits per heavy atom. The first-order chi connectivity index (χ1) is 18.6. The second-order valence-corrected chi connectivity index (χ2v) is 10.6. The van der Waals surface area contributed by atoms with E-state index in [2.05, 4.69) is 20.9 Å². The van der Waals surface area contributed by atoms with Crippen LogP contribution in [0.15, 0.2) is 66.9 Å². The van der Waals surface area contributed by atoms with Crippen LogP contribution in [0.3, 0.4) is 0 Å². The van der Waals surface area contributed by atoms with Gasteiger partial charge in [-0.1, -0.05) is 24.3 Å². The van der Waals surface area contributed by atoms with Gasteiger partial charge in [0.2, 0.25) is 0 Å². The average Bonchev–Trinajstić information content (AvgIpc) is 3.32. The van der Waals surface area contributed by atoms with Crippen molar-refractivity contribution >= 4 is 5.82 Å². The molecule has 8 heteroatoms. The molecule has 0 unspecified atom stereocenters. The van der Waals surface area contributed by atoms with Gasteiger partial charge in [0.1, 0.15) is 23.1 Å². The van der Waals surface area contributed by atoms with Crippen molar-refractivity contribution in [2.24, 2.45) is 5.92 Å². The molecule has 5 rings (SSSR count). The molecule has 0 aliphatic carbocycles. The molecule has 0 spiro atoms. The highest BCUT2D eigenvalue weighted by atomic mass is 19.1. The number of nitrogen functional groups attached to an aromatic ring is 1. The van der Waals surface area contributed by atoms with Crippen LogP contribution in [0.25, 0.3) is 22.5 Å². The van der Waals surface area contributed by atoms with Gasteiger partial charge in [-0.2, -0.15) is 10.5 Å². The number of aromatic amines is 1. The third kappa shape index (κ3) is 5.52. The highest BCUT2D eigenvalue weighted by Gasteiger charge is 2.43. The second kappa shape index (κ2) is 10.3. The van der Waals surface area contributed by atoms with Gasteiger partial charge >= 0.3 is 0 Å². The molecule has 1 aliphatic rings. The van der Waals surface area contributed by atoms with Gasteiger partial charge in [-0.05, 0) is 78.4 Å². The Morgan fingerprint density at radius 3 is 2.46 bits per heavy atom. The molecule has 1 aliphatic heterocycles. The summed E-state index contributed by atoms with van der Waals surface area (Å²) in [6.45, 7) is 4.88. The van der Waals surface area contributed by atoms with Gasteiger partial charge in [-0.15, -0.1) is 0 Å². The molecule has 0 amide bonds. The zero-order valence-electron chi connectivity index (χ0n) is 21.7. The first kappa shape index (κ1) is 26.1. The summed E-state index contributed by atoms with van der Waals surface area (Å²) in [5.41, 5.74) is 9.27. The number of likely N-dealkylation sites (tertiary alicyclic amines) is 1. The van der Waals surface area contributed by atoms with E-state index in [1.165, 1.54) is 26.0 Å². The van der Waals surface area contributed by atoms with Crippen LogP contribution in [0.2, 0.25) is 0 Å². The predicted molar refractivity (Wildman–Crippen MR) is 146 cm³/mol. The first-order valence-electron chi connectivity index (χ1n) is 12.7. The number of aromatic nitrogens is 2. The zero-order chi connectivity index (χ0) is 27.7. The van der Waals surface area contributed by atoms with Crippen molar-refractivity contribution < 1.29 is 8.78 Å². The van der Waals surface area contributed by atoms with Gasteiger partial charge in [-0.3, -0.25) is 4.90 Å². The number of nitrogens with one attached hydrogen (secondary N) is 1. The van der Waals surface area contributed by atoms with Crippen LogP contribution in [-0.2, 0) is 6.54 Å². The van der Waals surface area contributed by atoms with E-state index in [0.717, 1.165) is 22.3 Å². The maximum atomic E-state index is 15.4. The minimum absolute atomic E-state index is 0.0343. The summed E-state index contributed by atoms with van der Waals surface area (Å²) in [5.74, 6) is 0.0277. The number of rotatable bonds is 7. The summed E-state index contributed by atoms with van der Waals surface area (Å²) >= 11 is 0. The molecule has 1 fully saturated rings. The van der Waals surface area contributed by atoms with E-state index in [-0.39, 0.29) is 11.5 Å². The Hall–Kier alpha value is -4.53. The van der Waals surface area contributed by atoms with Crippen molar-refractivity contribution in [1.82, 2.24) is 14.9 Å². The molecule has 1 saturated heterocycles. The minimum atomic E-state index is -1.59. The average molecular weight is 523 g/mol. The van der Waals surface area contributed by atoms with Crippen molar-refractivity contribution in [3.63, 3.8) is 0 Å². The van der Waals surface area contributed by atoms with Gasteiger partial charge in [0.15, 0.2) is 0 Å². The number of nitrogens with two attached hydrogens (primary N) is 1. The van der Waals surface area contributed by atoms with Gasteiger partial charge in [0.25, 0.3) is 0 Å². The minimum Gasteiger partial charge on any atom is -0.384 e. The fourth-order valence-corrected chi connectivity index (χ4v) is 5.64. The van der Waals surface area contributed by atoms with Crippen LogP contribution < -0.4 is 5.73 Å². The molecule has 3 aromatic carbocycles. The molecule has 4 aromatic rings. The molecule has 2 heterocycles. The molecule has 1 atom stereocenters. The first-order valence-corrected chi connectivity index (χ1v) is 12.7. The summed E-state index contributed by atoms with van der Waals surface area (Å²) in [6.07, 6.45) is 1.57. The number of anilines is 1. The van der Waals surface area contributed by atoms with Crippen LogP contribution in [0.1, 0.15) is 42.0 Å². The summed E-state index contributed by atoms with van der Waals surface area (Å²) in [7, 11) is 0. The van der Waals surface area contributed by atoms with E-state index in [1.54, 1.807) is 18.3 Å². The number of hydrogen-bond acceptors (Lipinski definition) is 5. The largest absolute Gasteiger partial charge is 0.384 e. The number of alkyl halides is 1. The van der Waals surface area contributed by atoms with Crippen LogP contribution in [-0.4, -0.2) is 33.6 Å². The maximum Gasteiger partial charge on any atom is 0.138 e. The van der Waals surface area contributed by atoms with Crippen LogP contribution >= 0.6 is 0 Å². The Morgan fingerprint density at radius 2 is 1.79 bits per heavy atom. The maximum absolute atomic E-state index is 15.4. The number of imidazole rings is 1. The molecule has 6 nitrogen and oxygen atoms in total. The van der Waals surface area contributed by atoms with Crippen molar-refractivity contribution in [1.29, 1.82) is 10.5 Å². The Balaban J connectivity index is 1.39. The highest BCUT2D eigenvalue weighted by Crippen LogP contribution is 2.43. The van der Waals surface area contributed by atoms with Crippen molar-refractivity contribution in [3.8, 4) is 34.7 Å². The summed E-state index contributed by atoms with van der Waals surface area (Å²) in [6, 6.07) is 21.8. The van der Waals surface area contributed by atoms with Crippen molar-refractivity contribution in [2.75, 3.05) is 18.8 Å². The lowest BCUT2D eigenvalue weighted by Gasteiger charge is -2.47. The Bertz CT molecular complexity index is 1600. The second-order valence-electron chi connectivity index (χ2n) is 10.6. The number of H-pyrrole nitrogens is 1. The third-order valence-electron chi connectivity index (χ3n) is 7.28. The monoisotopic (exact) mass is 522 g/mol. The molecule has 1 aromatic heterocycles. The predicted octanol–water partition coefficient (Wildman–Crippen LogP) is 6.17. The quantitative estimate of drug-likeness (QED) is 0.302. The van der Waals surface area contributed by atoms with Gasteiger partial charge in [0, 0.05) is 31.1 Å². The third-order valence-corrected chi connectivity index (χ3v) is 7.28. The van der Waals surface area contributed by atoms with E-state index in [1.807, 2.05) is 42.5 Å². The molecular formula is C31H28F2N6. The van der Waals surface area contributed by atoms with Crippen LogP contribution in [0, 0.1) is 34.4 Å². The molecule has 39 heavy (non-hydrogen) atoms.